The molecule has 1 N–H and O–H groups in total. The summed E-state index contributed by atoms with van der Waals surface area (Å²) in [5.41, 5.74) is 0. The van der Waals surface area contributed by atoms with E-state index in [1.54, 1.807) is 0 Å². The normalized spacial score (nSPS) is 26.2. The monoisotopic (exact) mass is 404 g/mol. The van der Waals surface area contributed by atoms with Gasteiger partial charge in [0, 0.05) is 45.8 Å². The van der Waals surface area contributed by atoms with Crippen molar-refractivity contribution in [2.75, 3.05) is 39.8 Å². The Kier molecular flexibility index (Phi) is 6.79. The molecule has 0 aromatic carbocycles. The van der Waals surface area contributed by atoms with Crippen LogP contribution in [-0.2, 0) is 0 Å². The number of hydrogen-bond donors (Lipinski definition) is 1. The highest BCUT2D eigenvalue weighted by Gasteiger charge is 2.29. The van der Waals surface area contributed by atoms with E-state index in [0.29, 0.717) is 6.04 Å². The van der Waals surface area contributed by atoms with Crippen LogP contribution in [0.2, 0.25) is 0 Å². The SMILES string of the molecule is CN=C(NCCCC1CC1)N1CCC(N2CC=CC2)C1.I. The molecular formula is C16H29IN4. The average molecular weight is 404 g/mol. The lowest BCUT2D eigenvalue weighted by Crippen LogP contribution is -2.43. The molecule has 2 heterocycles. The van der Waals surface area contributed by atoms with Crippen molar-refractivity contribution in [3.8, 4) is 0 Å². The van der Waals surface area contributed by atoms with Crippen molar-refractivity contribution in [3.05, 3.63) is 12.2 Å². The second-order valence-corrected chi connectivity index (χ2v) is 6.37. The summed E-state index contributed by atoms with van der Waals surface area (Å²) in [5.74, 6) is 2.15. The lowest BCUT2D eigenvalue weighted by Gasteiger charge is -2.25. The minimum Gasteiger partial charge on any atom is -0.356 e. The van der Waals surface area contributed by atoms with Crippen LogP contribution in [0.3, 0.4) is 0 Å². The maximum Gasteiger partial charge on any atom is 0.193 e. The zero-order valence-electron chi connectivity index (χ0n) is 13.1. The van der Waals surface area contributed by atoms with Crippen LogP contribution in [0.1, 0.15) is 32.1 Å². The smallest absolute Gasteiger partial charge is 0.193 e. The fourth-order valence-electron chi connectivity index (χ4n) is 3.35. The van der Waals surface area contributed by atoms with Crippen LogP contribution in [0.15, 0.2) is 17.1 Å². The molecular weight excluding hydrogens is 375 g/mol. The molecule has 2 aliphatic heterocycles. The van der Waals surface area contributed by atoms with Gasteiger partial charge in [0.15, 0.2) is 5.96 Å². The summed E-state index contributed by atoms with van der Waals surface area (Å²) >= 11 is 0. The molecule has 0 aromatic rings. The van der Waals surface area contributed by atoms with Crippen molar-refractivity contribution in [1.29, 1.82) is 0 Å². The van der Waals surface area contributed by atoms with E-state index in [1.807, 2.05) is 7.05 Å². The van der Waals surface area contributed by atoms with Crippen molar-refractivity contribution in [2.24, 2.45) is 10.9 Å². The third kappa shape index (κ3) is 4.84. The molecule has 2 fully saturated rings. The van der Waals surface area contributed by atoms with Gasteiger partial charge in [-0.3, -0.25) is 9.89 Å². The van der Waals surface area contributed by atoms with Gasteiger partial charge in [0.25, 0.3) is 0 Å². The molecule has 4 nitrogen and oxygen atoms in total. The molecule has 1 saturated carbocycles. The Labute approximate surface area is 146 Å². The van der Waals surface area contributed by atoms with Gasteiger partial charge in [-0.1, -0.05) is 25.0 Å². The van der Waals surface area contributed by atoms with Crippen LogP contribution >= 0.6 is 24.0 Å². The van der Waals surface area contributed by atoms with Crippen LogP contribution in [0.25, 0.3) is 0 Å². The topological polar surface area (TPSA) is 30.9 Å². The van der Waals surface area contributed by atoms with Crippen LogP contribution in [0, 0.1) is 5.92 Å². The van der Waals surface area contributed by atoms with Gasteiger partial charge in [-0.2, -0.15) is 0 Å². The minimum atomic E-state index is 0. The van der Waals surface area contributed by atoms with Gasteiger partial charge in [0.1, 0.15) is 0 Å². The Morgan fingerprint density at radius 1 is 1.24 bits per heavy atom. The molecule has 0 radical (unpaired) electrons. The average Bonchev–Trinajstić information content (AvgIpc) is 2.96. The molecule has 1 saturated heterocycles. The maximum absolute atomic E-state index is 4.46. The lowest BCUT2D eigenvalue weighted by molar-refractivity contribution is 0.259. The molecule has 0 amide bonds. The summed E-state index contributed by atoms with van der Waals surface area (Å²) in [5, 5.41) is 3.55. The Morgan fingerprint density at radius 2 is 2.00 bits per heavy atom. The molecule has 1 aliphatic carbocycles. The fourth-order valence-corrected chi connectivity index (χ4v) is 3.35. The Hall–Kier alpha value is -0.300. The zero-order valence-corrected chi connectivity index (χ0v) is 15.5. The van der Waals surface area contributed by atoms with E-state index in [4.69, 9.17) is 0 Å². The van der Waals surface area contributed by atoms with E-state index in [0.717, 1.165) is 44.6 Å². The summed E-state index contributed by atoms with van der Waals surface area (Å²) in [6, 6.07) is 0.704. The number of guanidine groups is 1. The maximum atomic E-state index is 4.46. The summed E-state index contributed by atoms with van der Waals surface area (Å²) in [7, 11) is 1.91. The number of rotatable bonds is 5. The highest BCUT2D eigenvalue weighted by Crippen LogP contribution is 2.33. The van der Waals surface area contributed by atoms with E-state index < -0.39 is 0 Å². The standard InChI is InChI=1S/C16H28N4.HI/c1-17-16(18-9-4-5-14-6-7-14)20-12-8-15(13-20)19-10-2-3-11-19;/h2-3,14-15H,4-13H2,1H3,(H,17,18);1H. The van der Waals surface area contributed by atoms with Gasteiger partial charge in [0.05, 0.1) is 0 Å². The minimum absolute atomic E-state index is 0. The second-order valence-electron chi connectivity index (χ2n) is 6.37. The number of likely N-dealkylation sites (tertiary alicyclic amines) is 1. The van der Waals surface area contributed by atoms with Crippen molar-refractivity contribution in [2.45, 2.75) is 38.1 Å². The van der Waals surface area contributed by atoms with Crippen molar-refractivity contribution in [3.63, 3.8) is 0 Å². The third-order valence-electron chi connectivity index (χ3n) is 4.81. The van der Waals surface area contributed by atoms with Crippen molar-refractivity contribution in [1.82, 2.24) is 15.1 Å². The number of hydrogen-bond acceptors (Lipinski definition) is 2. The molecule has 1 unspecified atom stereocenters. The van der Waals surface area contributed by atoms with Gasteiger partial charge in [-0.05, 0) is 25.2 Å². The van der Waals surface area contributed by atoms with Crippen LogP contribution in [0.4, 0.5) is 0 Å². The third-order valence-corrected chi connectivity index (χ3v) is 4.81. The Bertz CT molecular complexity index is 370. The van der Waals surface area contributed by atoms with E-state index in [1.165, 1.54) is 32.1 Å². The largest absolute Gasteiger partial charge is 0.356 e. The number of aliphatic imine (C=N–C) groups is 1. The second kappa shape index (κ2) is 8.36. The van der Waals surface area contributed by atoms with E-state index >= 15 is 0 Å². The molecule has 5 heteroatoms. The first-order valence-electron chi connectivity index (χ1n) is 8.21. The predicted molar refractivity (Wildman–Crippen MR) is 99.4 cm³/mol. The number of nitrogens with zero attached hydrogens (tertiary/aromatic N) is 3. The quantitative estimate of drug-likeness (QED) is 0.251. The molecule has 0 bridgehead atoms. The Balaban J connectivity index is 0.00000161. The molecule has 1 atom stereocenters. The first-order valence-corrected chi connectivity index (χ1v) is 8.21. The summed E-state index contributed by atoms with van der Waals surface area (Å²) in [6.07, 6.45) is 11.5. The summed E-state index contributed by atoms with van der Waals surface area (Å²) in [6.45, 7) is 5.61. The van der Waals surface area contributed by atoms with Gasteiger partial charge < -0.3 is 10.2 Å². The first kappa shape index (κ1) is 17.1. The van der Waals surface area contributed by atoms with Crippen LogP contribution in [-0.4, -0.2) is 61.6 Å². The van der Waals surface area contributed by atoms with Gasteiger partial charge in [0.2, 0.25) is 0 Å². The van der Waals surface area contributed by atoms with Crippen molar-refractivity contribution >= 4 is 29.9 Å². The molecule has 0 aromatic heterocycles. The number of halogens is 1. The fraction of sp³-hybridized carbons (Fsp3) is 0.812. The lowest BCUT2D eigenvalue weighted by atomic mass is 10.2. The predicted octanol–water partition coefficient (Wildman–Crippen LogP) is 2.32. The first-order chi connectivity index (χ1) is 9.86. The summed E-state index contributed by atoms with van der Waals surface area (Å²) in [4.78, 5) is 9.46. The van der Waals surface area contributed by atoms with Gasteiger partial charge >= 0.3 is 0 Å². The van der Waals surface area contributed by atoms with E-state index in [9.17, 15) is 0 Å². The molecule has 21 heavy (non-hydrogen) atoms. The van der Waals surface area contributed by atoms with Crippen molar-refractivity contribution < 1.29 is 0 Å². The molecule has 0 spiro atoms. The van der Waals surface area contributed by atoms with Crippen LogP contribution in [0.5, 0.6) is 0 Å². The highest BCUT2D eigenvalue weighted by atomic mass is 127. The molecule has 120 valence electrons. The van der Waals surface area contributed by atoms with Gasteiger partial charge in [-0.15, -0.1) is 24.0 Å². The molecule has 3 rings (SSSR count). The number of nitrogens with one attached hydrogen (secondary N) is 1. The van der Waals surface area contributed by atoms with Crippen LogP contribution < -0.4 is 5.32 Å². The van der Waals surface area contributed by atoms with E-state index in [2.05, 4.69) is 32.3 Å². The summed E-state index contributed by atoms with van der Waals surface area (Å²) < 4.78 is 0. The molecule has 3 aliphatic rings. The van der Waals surface area contributed by atoms with E-state index in [-0.39, 0.29) is 24.0 Å². The Morgan fingerprint density at radius 3 is 2.67 bits per heavy atom. The highest BCUT2D eigenvalue weighted by molar-refractivity contribution is 14.0. The van der Waals surface area contributed by atoms with Gasteiger partial charge in [-0.25, -0.2) is 0 Å². The zero-order chi connectivity index (χ0) is 13.8.